The van der Waals surface area contributed by atoms with Gasteiger partial charge in [0.1, 0.15) is 5.82 Å². The molecule has 0 unspecified atom stereocenters. The molecule has 3 nitrogen and oxygen atoms in total. The van der Waals surface area contributed by atoms with E-state index in [4.69, 9.17) is 0 Å². The van der Waals surface area contributed by atoms with Crippen LogP contribution < -0.4 is 10.9 Å². The first kappa shape index (κ1) is 16.4. The van der Waals surface area contributed by atoms with Crippen LogP contribution in [0.5, 0.6) is 0 Å². The molecule has 0 saturated carbocycles. The number of benzene rings is 1. The van der Waals surface area contributed by atoms with Crippen molar-refractivity contribution >= 4 is 0 Å². The molecule has 0 saturated heterocycles. The van der Waals surface area contributed by atoms with Gasteiger partial charge < -0.3 is 9.88 Å². The Hall–Kier alpha value is -1.94. The molecule has 1 aromatic carbocycles. The molecule has 0 bridgehead atoms. The van der Waals surface area contributed by atoms with Crippen molar-refractivity contribution in [3.63, 3.8) is 0 Å². The topological polar surface area (TPSA) is 34.0 Å². The lowest BCUT2D eigenvalue weighted by atomic mass is 10.1. The molecule has 22 heavy (non-hydrogen) atoms. The first-order valence-electron chi connectivity index (χ1n) is 7.75. The lowest BCUT2D eigenvalue weighted by Gasteiger charge is -2.18. The Labute approximate surface area is 130 Å². The van der Waals surface area contributed by atoms with Gasteiger partial charge in [-0.15, -0.1) is 0 Å². The van der Waals surface area contributed by atoms with Gasteiger partial charge in [0.15, 0.2) is 0 Å². The fraction of sp³-hybridized carbons (Fsp3) is 0.389. The van der Waals surface area contributed by atoms with Crippen LogP contribution in [0, 0.1) is 5.82 Å². The van der Waals surface area contributed by atoms with Crippen LogP contribution in [0.2, 0.25) is 0 Å². The molecule has 1 aromatic heterocycles. The maximum Gasteiger partial charge on any atom is 0.255 e. The van der Waals surface area contributed by atoms with Gasteiger partial charge in [-0.05, 0) is 62.7 Å². The van der Waals surface area contributed by atoms with E-state index in [9.17, 15) is 9.18 Å². The van der Waals surface area contributed by atoms with Crippen LogP contribution >= 0.6 is 0 Å². The monoisotopic (exact) mass is 302 g/mol. The van der Waals surface area contributed by atoms with Crippen molar-refractivity contribution < 1.29 is 4.39 Å². The Balaban J connectivity index is 2.45. The van der Waals surface area contributed by atoms with Crippen molar-refractivity contribution in [1.82, 2.24) is 9.88 Å². The van der Waals surface area contributed by atoms with E-state index in [1.807, 2.05) is 26.0 Å². The fourth-order valence-corrected chi connectivity index (χ4v) is 2.50. The highest BCUT2D eigenvalue weighted by Gasteiger charge is 2.13. The standard InChI is InChI=1S/C18H23FN2O/c1-4-11-20-12-15-7-10-17(21(13(2)3)18(15)22)14-5-8-16(19)9-6-14/h5-10,13,20H,4,11-12H2,1-3H3. The van der Waals surface area contributed by atoms with Gasteiger partial charge in [0.25, 0.3) is 5.56 Å². The van der Waals surface area contributed by atoms with Gasteiger partial charge in [0, 0.05) is 18.2 Å². The summed E-state index contributed by atoms with van der Waals surface area (Å²) in [5.74, 6) is -0.275. The van der Waals surface area contributed by atoms with Gasteiger partial charge in [-0.3, -0.25) is 4.79 Å². The highest BCUT2D eigenvalue weighted by atomic mass is 19.1. The lowest BCUT2D eigenvalue weighted by Crippen LogP contribution is -2.29. The number of aromatic nitrogens is 1. The molecule has 0 fully saturated rings. The third-order valence-electron chi connectivity index (χ3n) is 3.59. The highest BCUT2D eigenvalue weighted by molar-refractivity contribution is 5.60. The van der Waals surface area contributed by atoms with Gasteiger partial charge >= 0.3 is 0 Å². The molecular weight excluding hydrogens is 279 g/mol. The predicted molar refractivity (Wildman–Crippen MR) is 88.5 cm³/mol. The van der Waals surface area contributed by atoms with E-state index in [1.54, 1.807) is 16.7 Å². The molecule has 0 spiro atoms. The van der Waals surface area contributed by atoms with Gasteiger partial charge in [-0.25, -0.2) is 4.39 Å². The summed E-state index contributed by atoms with van der Waals surface area (Å²) < 4.78 is 14.9. The second kappa shape index (κ2) is 7.36. The van der Waals surface area contributed by atoms with Gasteiger partial charge in [-0.2, -0.15) is 0 Å². The maximum atomic E-state index is 13.1. The number of nitrogens with zero attached hydrogens (tertiary/aromatic N) is 1. The van der Waals surface area contributed by atoms with Gasteiger partial charge in [0.2, 0.25) is 0 Å². The molecular formula is C18H23FN2O. The molecule has 118 valence electrons. The Morgan fingerprint density at radius 3 is 2.41 bits per heavy atom. The summed E-state index contributed by atoms with van der Waals surface area (Å²) in [6.07, 6.45) is 1.03. The summed E-state index contributed by atoms with van der Waals surface area (Å²) in [5, 5.41) is 3.26. The third-order valence-corrected chi connectivity index (χ3v) is 3.59. The van der Waals surface area contributed by atoms with Crippen molar-refractivity contribution in [1.29, 1.82) is 0 Å². The zero-order valence-electron chi connectivity index (χ0n) is 13.4. The van der Waals surface area contributed by atoms with E-state index < -0.39 is 0 Å². The predicted octanol–water partition coefficient (Wildman–Crippen LogP) is 3.73. The quantitative estimate of drug-likeness (QED) is 0.825. The number of halogens is 1. The normalized spacial score (nSPS) is 11.1. The van der Waals surface area contributed by atoms with E-state index in [2.05, 4.69) is 12.2 Å². The lowest BCUT2D eigenvalue weighted by molar-refractivity contribution is 0.572. The van der Waals surface area contributed by atoms with Crippen LogP contribution in [0.25, 0.3) is 11.3 Å². The van der Waals surface area contributed by atoms with Gasteiger partial charge in [0.05, 0.1) is 5.69 Å². The fourth-order valence-electron chi connectivity index (χ4n) is 2.50. The summed E-state index contributed by atoms with van der Waals surface area (Å²) in [7, 11) is 0. The van der Waals surface area contributed by atoms with Crippen LogP contribution in [-0.2, 0) is 6.54 Å². The number of rotatable bonds is 6. The van der Waals surface area contributed by atoms with Crippen LogP contribution in [0.15, 0.2) is 41.2 Å². The zero-order chi connectivity index (χ0) is 16.1. The molecule has 0 atom stereocenters. The van der Waals surface area contributed by atoms with Crippen molar-refractivity contribution in [2.45, 2.75) is 39.8 Å². The maximum absolute atomic E-state index is 13.1. The van der Waals surface area contributed by atoms with Crippen molar-refractivity contribution in [3.8, 4) is 11.3 Å². The zero-order valence-corrected chi connectivity index (χ0v) is 13.4. The van der Waals surface area contributed by atoms with Crippen LogP contribution in [0.4, 0.5) is 4.39 Å². The second-order valence-corrected chi connectivity index (χ2v) is 5.70. The van der Waals surface area contributed by atoms with Crippen LogP contribution in [-0.4, -0.2) is 11.1 Å². The molecule has 4 heteroatoms. The second-order valence-electron chi connectivity index (χ2n) is 5.70. The van der Waals surface area contributed by atoms with E-state index in [0.717, 1.165) is 29.8 Å². The minimum absolute atomic E-state index is 0.0143. The Bertz CT molecular complexity index is 674. The minimum atomic E-state index is -0.275. The summed E-state index contributed by atoms with van der Waals surface area (Å²) in [4.78, 5) is 12.7. The average molecular weight is 302 g/mol. The van der Waals surface area contributed by atoms with Crippen molar-refractivity contribution in [2.24, 2.45) is 0 Å². The smallest absolute Gasteiger partial charge is 0.255 e. The number of nitrogens with one attached hydrogen (secondary N) is 1. The van der Waals surface area contributed by atoms with E-state index in [1.165, 1.54) is 12.1 Å². The Kier molecular flexibility index (Phi) is 5.50. The summed E-state index contributed by atoms with van der Waals surface area (Å²) >= 11 is 0. The molecule has 0 amide bonds. The summed E-state index contributed by atoms with van der Waals surface area (Å²) in [6.45, 7) is 7.52. The molecule has 2 aromatic rings. The molecule has 1 heterocycles. The van der Waals surface area contributed by atoms with Crippen LogP contribution in [0.3, 0.4) is 0 Å². The van der Waals surface area contributed by atoms with Crippen molar-refractivity contribution in [3.05, 3.63) is 58.1 Å². The van der Waals surface area contributed by atoms with E-state index in [-0.39, 0.29) is 17.4 Å². The summed E-state index contributed by atoms with van der Waals surface area (Å²) in [6, 6.07) is 10.1. The average Bonchev–Trinajstić information content (AvgIpc) is 2.49. The highest BCUT2D eigenvalue weighted by Crippen LogP contribution is 2.21. The van der Waals surface area contributed by atoms with E-state index >= 15 is 0 Å². The molecule has 0 aliphatic carbocycles. The first-order chi connectivity index (χ1) is 10.5. The van der Waals surface area contributed by atoms with Gasteiger partial charge in [-0.1, -0.05) is 13.0 Å². The molecule has 0 aliphatic heterocycles. The largest absolute Gasteiger partial charge is 0.312 e. The number of pyridine rings is 1. The molecule has 0 radical (unpaired) electrons. The minimum Gasteiger partial charge on any atom is -0.312 e. The van der Waals surface area contributed by atoms with Crippen LogP contribution in [0.1, 0.15) is 38.8 Å². The first-order valence-corrected chi connectivity index (χ1v) is 7.75. The molecule has 1 N–H and O–H groups in total. The van der Waals surface area contributed by atoms with Crippen molar-refractivity contribution in [2.75, 3.05) is 6.54 Å². The molecule has 0 aliphatic rings. The number of hydrogen-bond acceptors (Lipinski definition) is 2. The van der Waals surface area contributed by atoms with E-state index in [0.29, 0.717) is 6.54 Å². The molecule has 2 rings (SSSR count). The third kappa shape index (κ3) is 3.63. The Morgan fingerprint density at radius 1 is 1.14 bits per heavy atom. The number of hydrogen-bond donors (Lipinski definition) is 1. The SMILES string of the molecule is CCCNCc1ccc(-c2ccc(F)cc2)n(C(C)C)c1=O. The summed E-state index contributed by atoms with van der Waals surface area (Å²) in [5.41, 5.74) is 2.44. The Morgan fingerprint density at radius 2 is 1.82 bits per heavy atom.